The van der Waals surface area contributed by atoms with Crippen molar-refractivity contribution in [2.45, 2.75) is 10.1 Å². The van der Waals surface area contributed by atoms with E-state index >= 15 is 0 Å². The van der Waals surface area contributed by atoms with Crippen LogP contribution in [0.5, 0.6) is 0 Å². The topological polar surface area (TPSA) is 84.3 Å². The fourth-order valence-corrected chi connectivity index (χ4v) is 4.04. The highest BCUT2D eigenvalue weighted by atomic mass is 32.2. The second-order valence-electron chi connectivity index (χ2n) is 6.21. The third-order valence-corrected chi connectivity index (χ3v) is 6.60. The van der Waals surface area contributed by atoms with Crippen LogP contribution in [0.25, 0.3) is 5.69 Å². The highest BCUT2D eigenvalue weighted by Gasteiger charge is 2.19. The van der Waals surface area contributed by atoms with E-state index in [4.69, 9.17) is 0 Å². The molecule has 1 N–H and O–H groups in total. The molecule has 0 aliphatic heterocycles. The molecule has 7 nitrogen and oxygen atoms in total. The molecule has 10 heteroatoms. The van der Waals surface area contributed by atoms with Crippen LogP contribution in [0.2, 0.25) is 0 Å². The molecule has 2 aromatic carbocycles. The summed E-state index contributed by atoms with van der Waals surface area (Å²) in [5.74, 6) is -0.802. The van der Waals surface area contributed by atoms with E-state index in [1.807, 2.05) is 6.26 Å². The molecule has 152 valence electrons. The minimum Gasteiger partial charge on any atom is -0.321 e. The first kappa shape index (κ1) is 21.0. The van der Waals surface area contributed by atoms with Crippen LogP contribution in [0.1, 0.15) is 10.5 Å². The zero-order valence-corrected chi connectivity index (χ0v) is 17.6. The van der Waals surface area contributed by atoms with E-state index in [0.717, 1.165) is 4.31 Å². The largest absolute Gasteiger partial charge is 0.321 e. The number of thioether (sulfide) groups is 1. The summed E-state index contributed by atoms with van der Waals surface area (Å²) in [6.45, 7) is 0. The van der Waals surface area contributed by atoms with E-state index < -0.39 is 15.9 Å². The van der Waals surface area contributed by atoms with E-state index in [1.54, 1.807) is 16.7 Å². The predicted octanol–water partition coefficient (Wildman–Crippen LogP) is 3.24. The van der Waals surface area contributed by atoms with Crippen molar-refractivity contribution in [2.75, 3.05) is 25.7 Å². The lowest BCUT2D eigenvalue weighted by molar-refractivity contribution is 0.102. The Hall–Kier alpha value is -2.69. The van der Waals surface area contributed by atoms with Gasteiger partial charge in [0.2, 0.25) is 10.0 Å². The minimum atomic E-state index is -3.55. The number of rotatable bonds is 6. The number of benzene rings is 2. The lowest BCUT2D eigenvalue weighted by Gasteiger charge is -2.13. The highest BCUT2D eigenvalue weighted by Crippen LogP contribution is 2.23. The molecule has 0 saturated heterocycles. The maximum Gasteiger partial charge on any atom is 0.274 e. The molecule has 3 rings (SSSR count). The number of carbonyl (C=O) groups is 1. The summed E-state index contributed by atoms with van der Waals surface area (Å²) < 4.78 is 40.3. The Bertz CT molecular complexity index is 1130. The number of nitrogens with one attached hydrogen (secondary N) is 1. The number of hydrogen-bond donors (Lipinski definition) is 1. The van der Waals surface area contributed by atoms with E-state index in [1.165, 1.54) is 68.5 Å². The first-order chi connectivity index (χ1) is 13.7. The van der Waals surface area contributed by atoms with E-state index in [2.05, 4.69) is 10.3 Å². The molecule has 0 radical (unpaired) electrons. The van der Waals surface area contributed by atoms with Gasteiger partial charge in [-0.15, -0.1) is 0 Å². The van der Waals surface area contributed by atoms with Gasteiger partial charge in [-0.3, -0.25) is 9.36 Å². The van der Waals surface area contributed by atoms with Crippen LogP contribution in [-0.2, 0) is 10.0 Å². The highest BCUT2D eigenvalue weighted by molar-refractivity contribution is 7.98. The average Bonchev–Trinajstić information content (AvgIpc) is 3.13. The van der Waals surface area contributed by atoms with E-state index in [0.29, 0.717) is 16.5 Å². The number of aromatic nitrogens is 2. The van der Waals surface area contributed by atoms with Crippen molar-refractivity contribution in [2.24, 2.45) is 0 Å². The molecule has 0 saturated carbocycles. The van der Waals surface area contributed by atoms with Gasteiger partial charge in [0.25, 0.3) is 5.91 Å². The summed E-state index contributed by atoms with van der Waals surface area (Å²) in [4.78, 5) is 17.2. The summed E-state index contributed by atoms with van der Waals surface area (Å²) in [6, 6.07) is 11.6. The van der Waals surface area contributed by atoms with Gasteiger partial charge in [-0.25, -0.2) is 22.1 Å². The van der Waals surface area contributed by atoms with Gasteiger partial charge in [-0.1, -0.05) is 11.8 Å². The summed E-state index contributed by atoms with van der Waals surface area (Å²) in [5.41, 5.74) is 1.31. The summed E-state index contributed by atoms with van der Waals surface area (Å²) >= 11 is 1.35. The summed E-state index contributed by atoms with van der Waals surface area (Å²) in [7, 11) is -0.649. The Morgan fingerprint density at radius 2 is 1.72 bits per heavy atom. The normalized spacial score (nSPS) is 11.6. The first-order valence-corrected chi connectivity index (χ1v) is 11.1. The quantitative estimate of drug-likeness (QED) is 0.602. The lowest BCUT2D eigenvalue weighted by Crippen LogP contribution is -2.22. The Balaban J connectivity index is 1.88. The van der Waals surface area contributed by atoms with Gasteiger partial charge >= 0.3 is 0 Å². The standard InChI is InChI=1S/C19H19FN4O3S2/c1-23(2)29(26,27)16-10-6-14(7-11-16)22-18(25)17-12-21-19(28-3)24(17)15-8-4-13(20)5-9-15/h4-12H,1-3H3,(H,22,25). The molecule has 1 amide bonds. The number of amides is 1. The van der Waals surface area contributed by atoms with Crippen molar-refractivity contribution in [3.63, 3.8) is 0 Å². The second kappa shape index (κ2) is 8.36. The molecule has 1 aromatic heterocycles. The second-order valence-corrected chi connectivity index (χ2v) is 9.13. The van der Waals surface area contributed by atoms with Crippen LogP contribution in [-0.4, -0.2) is 48.5 Å². The monoisotopic (exact) mass is 434 g/mol. The summed E-state index contributed by atoms with van der Waals surface area (Å²) in [5, 5.41) is 3.31. The van der Waals surface area contributed by atoms with Crippen molar-refractivity contribution in [3.8, 4) is 5.69 Å². The predicted molar refractivity (Wildman–Crippen MR) is 111 cm³/mol. The van der Waals surface area contributed by atoms with E-state index in [9.17, 15) is 17.6 Å². The lowest BCUT2D eigenvalue weighted by atomic mass is 10.3. The molecule has 0 aliphatic carbocycles. The number of imidazole rings is 1. The van der Waals surface area contributed by atoms with Crippen LogP contribution in [0.4, 0.5) is 10.1 Å². The van der Waals surface area contributed by atoms with Crippen molar-refractivity contribution in [1.82, 2.24) is 13.9 Å². The third-order valence-electron chi connectivity index (χ3n) is 4.12. The average molecular weight is 435 g/mol. The first-order valence-electron chi connectivity index (χ1n) is 8.45. The fourth-order valence-electron chi connectivity index (χ4n) is 2.59. The van der Waals surface area contributed by atoms with Gasteiger partial charge in [0.05, 0.1) is 11.1 Å². The Morgan fingerprint density at radius 1 is 1.10 bits per heavy atom. The number of sulfonamides is 1. The Labute approximate surface area is 172 Å². The third kappa shape index (κ3) is 4.34. The molecule has 0 bridgehead atoms. The molecule has 0 aliphatic rings. The zero-order valence-electron chi connectivity index (χ0n) is 16.0. The molecule has 0 unspecified atom stereocenters. The van der Waals surface area contributed by atoms with Gasteiger partial charge < -0.3 is 5.32 Å². The van der Waals surface area contributed by atoms with Crippen LogP contribution >= 0.6 is 11.8 Å². The SMILES string of the molecule is CSc1ncc(C(=O)Nc2ccc(S(=O)(=O)N(C)C)cc2)n1-c1ccc(F)cc1. The summed E-state index contributed by atoms with van der Waals surface area (Å²) in [6.07, 6.45) is 3.27. The number of halogens is 1. The number of nitrogens with zero attached hydrogens (tertiary/aromatic N) is 3. The van der Waals surface area contributed by atoms with Crippen LogP contribution in [0, 0.1) is 5.82 Å². The van der Waals surface area contributed by atoms with Gasteiger partial charge in [0, 0.05) is 25.5 Å². The van der Waals surface area contributed by atoms with Gasteiger partial charge in [-0.2, -0.15) is 0 Å². The molecule has 0 spiro atoms. The van der Waals surface area contributed by atoms with E-state index in [-0.39, 0.29) is 16.4 Å². The Kier molecular flexibility index (Phi) is 6.06. The maximum atomic E-state index is 13.3. The zero-order chi connectivity index (χ0) is 21.2. The Morgan fingerprint density at radius 3 is 2.28 bits per heavy atom. The van der Waals surface area contributed by atoms with Crippen molar-refractivity contribution >= 4 is 33.4 Å². The fraction of sp³-hybridized carbons (Fsp3) is 0.158. The van der Waals surface area contributed by atoms with Gasteiger partial charge in [0.1, 0.15) is 11.5 Å². The molecular formula is C19H19FN4O3S2. The van der Waals surface area contributed by atoms with Gasteiger partial charge in [-0.05, 0) is 54.8 Å². The molecular weight excluding hydrogens is 415 g/mol. The minimum absolute atomic E-state index is 0.126. The van der Waals surface area contributed by atoms with Crippen LogP contribution in [0.3, 0.4) is 0 Å². The van der Waals surface area contributed by atoms with Crippen molar-refractivity contribution in [3.05, 3.63) is 66.2 Å². The number of anilines is 1. The molecule has 0 atom stereocenters. The maximum absolute atomic E-state index is 13.3. The number of carbonyl (C=O) groups excluding carboxylic acids is 1. The van der Waals surface area contributed by atoms with Crippen molar-refractivity contribution < 1.29 is 17.6 Å². The smallest absolute Gasteiger partial charge is 0.274 e. The molecule has 0 fully saturated rings. The number of hydrogen-bond acceptors (Lipinski definition) is 5. The molecule has 3 aromatic rings. The van der Waals surface area contributed by atoms with Gasteiger partial charge in [0.15, 0.2) is 5.16 Å². The van der Waals surface area contributed by atoms with Crippen molar-refractivity contribution in [1.29, 1.82) is 0 Å². The van der Waals surface area contributed by atoms with Crippen LogP contribution in [0.15, 0.2) is 64.8 Å². The van der Waals surface area contributed by atoms with Crippen LogP contribution < -0.4 is 5.32 Å². The molecule has 29 heavy (non-hydrogen) atoms. The molecule has 1 heterocycles.